The zero-order valence-corrected chi connectivity index (χ0v) is 14.7. The molecule has 0 atom stereocenters. The van der Waals surface area contributed by atoms with Crippen LogP contribution in [0.25, 0.3) is 0 Å². The summed E-state index contributed by atoms with van der Waals surface area (Å²) in [6.45, 7) is 4.55. The summed E-state index contributed by atoms with van der Waals surface area (Å²) < 4.78 is 0. The second kappa shape index (κ2) is 7.29. The third-order valence-corrected chi connectivity index (χ3v) is 5.71. The average Bonchev–Trinajstić information content (AvgIpc) is 3.12. The summed E-state index contributed by atoms with van der Waals surface area (Å²) in [5.41, 5.74) is 4.84. The maximum absolute atomic E-state index is 9.45. The van der Waals surface area contributed by atoms with Gasteiger partial charge in [0, 0.05) is 32.2 Å². The fourth-order valence-corrected chi connectivity index (χ4v) is 4.33. The number of benzene rings is 2. The zero-order chi connectivity index (χ0) is 17.1. The second-order valence-corrected chi connectivity index (χ2v) is 7.18. The normalized spacial score (nSPS) is 18.1. The Morgan fingerprint density at radius 3 is 2.52 bits per heavy atom. The van der Waals surface area contributed by atoms with Crippen molar-refractivity contribution < 1.29 is 0 Å². The molecule has 0 N–H and O–H groups in total. The van der Waals surface area contributed by atoms with Gasteiger partial charge in [0.15, 0.2) is 0 Å². The number of nitriles is 1. The highest BCUT2D eigenvalue weighted by molar-refractivity contribution is 5.67. The molecule has 0 spiro atoms. The van der Waals surface area contributed by atoms with Gasteiger partial charge in [-0.25, -0.2) is 0 Å². The fourth-order valence-electron chi connectivity index (χ4n) is 4.33. The molecule has 2 aliphatic rings. The molecule has 2 aromatic rings. The van der Waals surface area contributed by atoms with Crippen molar-refractivity contribution in [3.8, 4) is 6.07 Å². The largest absolute Gasteiger partial charge is 0.367 e. The van der Waals surface area contributed by atoms with Crippen molar-refractivity contribution in [1.29, 1.82) is 5.26 Å². The van der Waals surface area contributed by atoms with Crippen molar-refractivity contribution in [2.24, 2.45) is 0 Å². The number of fused-ring (bicyclic) bond motifs is 1. The second-order valence-electron chi connectivity index (χ2n) is 7.18. The molecule has 2 aromatic carbocycles. The van der Waals surface area contributed by atoms with Gasteiger partial charge in [0.1, 0.15) is 6.07 Å². The summed E-state index contributed by atoms with van der Waals surface area (Å²) >= 11 is 0. The highest BCUT2D eigenvalue weighted by Gasteiger charge is 2.30. The van der Waals surface area contributed by atoms with Crippen LogP contribution >= 0.6 is 0 Å². The van der Waals surface area contributed by atoms with E-state index in [1.54, 1.807) is 0 Å². The number of anilines is 1. The Morgan fingerprint density at radius 2 is 1.76 bits per heavy atom. The van der Waals surface area contributed by atoms with Crippen LogP contribution in [0.15, 0.2) is 48.5 Å². The Kier molecular flexibility index (Phi) is 4.72. The van der Waals surface area contributed by atoms with Crippen molar-refractivity contribution in [1.82, 2.24) is 4.90 Å². The van der Waals surface area contributed by atoms with E-state index in [0.717, 1.165) is 44.6 Å². The molecule has 2 heterocycles. The van der Waals surface area contributed by atoms with E-state index in [2.05, 4.69) is 52.3 Å². The summed E-state index contributed by atoms with van der Waals surface area (Å²) in [6, 6.07) is 19.9. The molecular formula is C22H25N3. The van der Waals surface area contributed by atoms with Crippen LogP contribution in [0.5, 0.6) is 0 Å². The Bertz CT molecular complexity index is 755. The van der Waals surface area contributed by atoms with Crippen LogP contribution in [0.2, 0.25) is 0 Å². The molecule has 2 aliphatic heterocycles. The van der Waals surface area contributed by atoms with Crippen LogP contribution < -0.4 is 4.90 Å². The third kappa shape index (κ3) is 3.41. The standard InChI is InChI=1S/C22H25N3/c23-17-20-8-4-7-19-10-16-25(22(19)20)21-11-14-24(15-12-21)13-9-18-5-2-1-3-6-18/h1-8,21H,9-16H2. The molecule has 0 bridgehead atoms. The van der Waals surface area contributed by atoms with E-state index in [9.17, 15) is 5.26 Å². The molecule has 128 valence electrons. The molecule has 25 heavy (non-hydrogen) atoms. The summed E-state index contributed by atoms with van der Waals surface area (Å²) in [6.07, 6.45) is 4.62. The minimum absolute atomic E-state index is 0.587. The maximum Gasteiger partial charge on any atom is 0.101 e. The lowest BCUT2D eigenvalue weighted by molar-refractivity contribution is 0.212. The minimum Gasteiger partial charge on any atom is -0.367 e. The zero-order valence-electron chi connectivity index (χ0n) is 14.7. The van der Waals surface area contributed by atoms with E-state index in [4.69, 9.17) is 0 Å². The number of hydrogen-bond acceptors (Lipinski definition) is 3. The monoisotopic (exact) mass is 331 g/mol. The number of rotatable bonds is 4. The van der Waals surface area contributed by atoms with Gasteiger partial charge in [0.25, 0.3) is 0 Å². The van der Waals surface area contributed by atoms with Crippen LogP contribution in [-0.4, -0.2) is 37.1 Å². The first-order chi connectivity index (χ1) is 12.3. The number of piperidine rings is 1. The molecule has 3 heteroatoms. The van der Waals surface area contributed by atoms with Crippen molar-refractivity contribution in [3.05, 3.63) is 65.2 Å². The van der Waals surface area contributed by atoms with Crippen LogP contribution in [0.1, 0.15) is 29.5 Å². The Labute approximate surface area is 150 Å². The summed E-state index contributed by atoms with van der Waals surface area (Å²) in [5.74, 6) is 0. The van der Waals surface area contributed by atoms with Gasteiger partial charge >= 0.3 is 0 Å². The molecule has 0 saturated carbocycles. The highest BCUT2D eigenvalue weighted by Crippen LogP contribution is 2.35. The van der Waals surface area contributed by atoms with Crippen LogP contribution in [0.3, 0.4) is 0 Å². The van der Waals surface area contributed by atoms with Crippen molar-refractivity contribution in [2.45, 2.75) is 31.7 Å². The van der Waals surface area contributed by atoms with Crippen LogP contribution in [0.4, 0.5) is 5.69 Å². The van der Waals surface area contributed by atoms with E-state index in [1.165, 1.54) is 29.7 Å². The Balaban J connectivity index is 1.35. The van der Waals surface area contributed by atoms with Gasteiger partial charge in [-0.15, -0.1) is 0 Å². The smallest absolute Gasteiger partial charge is 0.101 e. The Hall–Kier alpha value is -2.31. The topological polar surface area (TPSA) is 30.3 Å². The van der Waals surface area contributed by atoms with Gasteiger partial charge in [0.05, 0.1) is 11.3 Å². The van der Waals surface area contributed by atoms with E-state index in [0.29, 0.717) is 6.04 Å². The molecule has 3 nitrogen and oxygen atoms in total. The molecule has 1 fully saturated rings. The molecule has 0 unspecified atom stereocenters. The molecule has 4 rings (SSSR count). The molecule has 0 aliphatic carbocycles. The van der Waals surface area contributed by atoms with Gasteiger partial charge in [-0.05, 0) is 42.9 Å². The fraction of sp³-hybridized carbons (Fsp3) is 0.409. The minimum atomic E-state index is 0.587. The van der Waals surface area contributed by atoms with E-state index < -0.39 is 0 Å². The summed E-state index contributed by atoms with van der Waals surface area (Å²) in [7, 11) is 0. The maximum atomic E-state index is 9.45. The summed E-state index contributed by atoms with van der Waals surface area (Å²) in [5, 5.41) is 9.45. The first kappa shape index (κ1) is 16.2. The predicted octanol–water partition coefficient (Wildman–Crippen LogP) is 3.63. The van der Waals surface area contributed by atoms with Crippen LogP contribution in [0, 0.1) is 11.3 Å². The molecule has 0 radical (unpaired) electrons. The summed E-state index contributed by atoms with van der Waals surface area (Å²) in [4.78, 5) is 5.11. The highest BCUT2D eigenvalue weighted by atomic mass is 15.2. The van der Waals surface area contributed by atoms with Crippen LogP contribution in [-0.2, 0) is 12.8 Å². The molecule has 0 aromatic heterocycles. The molecule has 0 amide bonds. The van der Waals surface area contributed by atoms with Gasteiger partial charge in [-0.1, -0.05) is 42.5 Å². The number of para-hydroxylation sites is 1. The lowest BCUT2D eigenvalue weighted by Gasteiger charge is -2.38. The lowest BCUT2D eigenvalue weighted by Crippen LogP contribution is -2.45. The number of nitrogens with zero attached hydrogens (tertiary/aromatic N) is 3. The third-order valence-electron chi connectivity index (χ3n) is 5.71. The first-order valence-electron chi connectivity index (χ1n) is 9.40. The Morgan fingerprint density at radius 1 is 0.960 bits per heavy atom. The van der Waals surface area contributed by atoms with Gasteiger partial charge in [0.2, 0.25) is 0 Å². The van der Waals surface area contributed by atoms with E-state index in [-0.39, 0.29) is 0 Å². The lowest BCUT2D eigenvalue weighted by atomic mass is 10.0. The van der Waals surface area contributed by atoms with E-state index >= 15 is 0 Å². The van der Waals surface area contributed by atoms with Crippen molar-refractivity contribution >= 4 is 5.69 Å². The molecular weight excluding hydrogens is 306 g/mol. The average molecular weight is 331 g/mol. The first-order valence-corrected chi connectivity index (χ1v) is 9.40. The van der Waals surface area contributed by atoms with Gasteiger partial charge in [-0.3, -0.25) is 0 Å². The van der Waals surface area contributed by atoms with Gasteiger partial charge < -0.3 is 9.80 Å². The SMILES string of the molecule is N#Cc1cccc2c1N(C1CCN(CCc3ccccc3)CC1)CC2. The molecule has 1 saturated heterocycles. The van der Waals surface area contributed by atoms with Crippen molar-refractivity contribution in [3.63, 3.8) is 0 Å². The quantitative estimate of drug-likeness (QED) is 0.857. The van der Waals surface area contributed by atoms with E-state index in [1.807, 2.05) is 12.1 Å². The predicted molar refractivity (Wildman–Crippen MR) is 102 cm³/mol. The number of likely N-dealkylation sites (tertiary alicyclic amines) is 1. The van der Waals surface area contributed by atoms with Gasteiger partial charge in [-0.2, -0.15) is 5.26 Å². The number of hydrogen-bond donors (Lipinski definition) is 0. The van der Waals surface area contributed by atoms with Crippen molar-refractivity contribution in [2.75, 3.05) is 31.1 Å².